The van der Waals surface area contributed by atoms with Crippen LogP contribution in [0, 0.1) is 11.8 Å². The lowest BCUT2D eigenvalue weighted by Crippen LogP contribution is -2.47. The molecule has 7 nitrogen and oxygen atoms in total. The van der Waals surface area contributed by atoms with E-state index in [2.05, 4.69) is 29.6 Å². The average Bonchev–Trinajstić information content (AvgIpc) is 3.16. The highest BCUT2D eigenvalue weighted by atomic mass is 16.5. The van der Waals surface area contributed by atoms with E-state index in [9.17, 15) is 19.5 Å². The molecule has 2 amide bonds. The number of ether oxygens (including phenoxy) is 1. The van der Waals surface area contributed by atoms with Gasteiger partial charge in [-0.15, -0.1) is 0 Å². The Bertz CT molecular complexity index is 1040. The third-order valence-electron chi connectivity index (χ3n) is 7.30. The number of nitrogens with zero attached hydrogens (tertiary/aromatic N) is 1. The van der Waals surface area contributed by atoms with Crippen LogP contribution in [-0.4, -0.2) is 53.7 Å². The molecular weight excluding hydrogens is 444 g/mol. The molecule has 1 heterocycles. The lowest BCUT2D eigenvalue weighted by atomic mass is 9.87. The first-order valence-corrected chi connectivity index (χ1v) is 12.5. The van der Waals surface area contributed by atoms with E-state index in [0.717, 1.165) is 17.5 Å². The molecule has 35 heavy (non-hydrogen) atoms. The molecule has 2 aromatic rings. The summed E-state index contributed by atoms with van der Waals surface area (Å²) in [6.07, 6.45) is 1.61. The molecule has 3 atom stereocenters. The van der Waals surface area contributed by atoms with Gasteiger partial charge in [0.1, 0.15) is 6.61 Å². The molecule has 1 aliphatic heterocycles. The summed E-state index contributed by atoms with van der Waals surface area (Å²) in [5.41, 5.74) is 4.65. The van der Waals surface area contributed by atoms with Gasteiger partial charge in [0.25, 0.3) is 0 Å². The van der Waals surface area contributed by atoms with E-state index < -0.39 is 18.0 Å². The number of hydrogen-bond acceptors (Lipinski definition) is 4. The van der Waals surface area contributed by atoms with Crippen molar-refractivity contribution in [1.82, 2.24) is 10.2 Å². The molecule has 0 radical (unpaired) electrons. The number of fused-ring (bicyclic) bond motifs is 3. The number of benzene rings is 2. The topological polar surface area (TPSA) is 95.9 Å². The van der Waals surface area contributed by atoms with E-state index in [0.29, 0.717) is 25.9 Å². The first-order chi connectivity index (χ1) is 16.9. The summed E-state index contributed by atoms with van der Waals surface area (Å²) >= 11 is 0. The summed E-state index contributed by atoms with van der Waals surface area (Å²) in [6, 6.07) is 16.1. The van der Waals surface area contributed by atoms with Crippen LogP contribution in [-0.2, 0) is 14.3 Å². The Hall–Kier alpha value is -3.35. The maximum absolute atomic E-state index is 12.9. The number of hydrogen-bond donors (Lipinski definition) is 2. The van der Waals surface area contributed by atoms with Gasteiger partial charge in [0.15, 0.2) is 0 Å². The Labute approximate surface area is 206 Å². The molecule has 0 spiro atoms. The predicted molar refractivity (Wildman–Crippen MR) is 133 cm³/mol. The van der Waals surface area contributed by atoms with E-state index in [-0.39, 0.29) is 36.8 Å². The van der Waals surface area contributed by atoms with E-state index in [1.807, 2.05) is 38.1 Å². The number of nitrogens with one attached hydrogen (secondary N) is 1. The van der Waals surface area contributed by atoms with Crippen LogP contribution < -0.4 is 5.32 Å². The Morgan fingerprint density at radius 3 is 2.29 bits per heavy atom. The minimum Gasteiger partial charge on any atom is -0.481 e. The van der Waals surface area contributed by atoms with Crippen molar-refractivity contribution in [3.63, 3.8) is 0 Å². The number of amides is 2. The summed E-state index contributed by atoms with van der Waals surface area (Å²) in [5.74, 6) is -1.38. The fourth-order valence-corrected chi connectivity index (χ4v) is 5.46. The van der Waals surface area contributed by atoms with Gasteiger partial charge in [0.2, 0.25) is 5.91 Å². The third kappa shape index (κ3) is 5.50. The summed E-state index contributed by atoms with van der Waals surface area (Å²) in [7, 11) is 0. The van der Waals surface area contributed by atoms with Crippen LogP contribution in [0.2, 0.25) is 0 Å². The monoisotopic (exact) mass is 478 g/mol. The van der Waals surface area contributed by atoms with Gasteiger partial charge in [-0.25, -0.2) is 4.79 Å². The molecule has 2 unspecified atom stereocenters. The minimum absolute atomic E-state index is 0.0172. The molecule has 2 aliphatic rings. The second kappa shape index (κ2) is 10.9. The SMILES string of the molecule is CCC[C@H](CC(=O)N1CCC(C(=O)O)C(C)C1)NC(=O)OCC1c2ccccc2-c2ccccc21. The van der Waals surface area contributed by atoms with Crippen molar-refractivity contribution < 1.29 is 24.2 Å². The number of aliphatic carboxylic acids is 1. The van der Waals surface area contributed by atoms with Gasteiger partial charge >= 0.3 is 12.1 Å². The molecule has 0 aromatic heterocycles. The lowest BCUT2D eigenvalue weighted by molar-refractivity contribution is -0.148. The number of rotatable bonds is 8. The van der Waals surface area contributed by atoms with Crippen molar-refractivity contribution in [3.8, 4) is 11.1 Å². The van der Waals surface area contributed by atoms with Crippen molar-refractivity contribution in [2.24, 2.45) is 11.8 Å². The zero-order valence-electron chi connectivity index (χ0n) is 20.4. The lowest BCUT2D eigenvalue weighted by Gasteiger charge is -2.35. The first-order valence-electron chi connectivity index (χ1n) is 12.5. The van der Waals surface area contributed by atoms with Crippen LogP contribution in [0.3, 0.4) is 0 Å². The number of carboxylic acid groups (broad SMARTS) is 1. The molecule has 2 N–H and O–H groups in total. The van der Waals surface area contributed by atoms with E-state index in [1.54, 1.807) is 4.90 Å². The molecule has 1 saturated heterocycles. The van der Waals surface area contributed by atoms with Gasteiger partial charge in [-0.1, -0.05) is 68.8 Å². The Balaban J connectivity index is 1.33. The fraction of sp³-hybridized carbons (Fsp3) is 0.464. The molecule has 0 saturated carbocycles. The fourth-order valence-electron chi connectivity index (χ4n) is 5.46. The van der Waals surface area contributed by atoms with E-state index in [4.69, 9.17) is 4.74 Å². The molecule has 1 fully saturated rings. The van der Waals surface area contributed by atoms with Gasteiger partial charge in [0, 0.05) is 31.5 Å². The molecule has 7 heteroatoms. The number of carboxylic acids is 1. The normalized spacial score (nSPS) is 20.0. The van der Waals surface area contributed by atoms with Crippen molar-refractivity contribution in [2.45, 2.75) is 51.5 Å². The van der Waals surface area contributed by atoms with Crippen molar-refractivity contribution in [3.05, 3.63) is 59.7 Å². The van der Waals surface area contributed by atoms with Crippen molar-refractivity contribution in [1.29, 1.82) is 0 Å². The zero-order valence-corrected chi connectivity index (χ0v) is 20.4. The quantitative estimate of drug-likeness (QED) is 0.576. The first kappa shape index (κ1) is 24.8. The van der Waals surface area contributed by atoms with Crippen LogP contribution in [0.1, 0.15) is 56.6 Å². The summed E-state index contributed by atoms with van der Waals surface area (Å²) < 4.78 is 5.66. The Kier molecular flexibility index (Phi) is 7.73. The number of carbonyl (C=O) groups is 3. The zero-order chi connectivity index (χ0) is 24.9. The van der Waals surface area contributed by atoms with Gasteiger partial charge in [-0.2, -0.15) is 0 Å². The van der Waals surface area contributed by atoms with Crippen molar-refractivity contribution in [2.75, 3.05) is 19.7 Å². The molecule has 186 valence electrons. The standard InChI is InChI=1S/C28H34N2O5/c1-3-8-19(15-26(31)30-14-13-20(27(32)33)18(2)16-30)29-28(34)35-17-25-23-11-6-4-9-21(23)22-10-5-7-12-24(22)25/h4-7,9-12,18-20,25H,3,8,13-17H2,1-2H3,(H,29,34)(H,32,33)/t18?,19-,20?/m1/s1. The number of alkyl carbamates (subject to hydrolysis) is 1. The number of carbonyl (C=O) groups excluding carboxylic acids is 2. The molecular formula is C28H34N2O5. The second-order valence-electron chi connectivity index (χ2n) is 9.71. The smallest absolute Gasteiger partial charge is 0.407 e. The van der Waals surface area contributed by atoms with Gasteiger partial charge in [-0.05, 0) is 41.0 Å². The van der Waals surface area contributed by atoms with E-state index >= 15 is 0 Å². The summed E-state index contributed by atoms with van der Waals surface area (Å²) in [5, 5.41) is 12.2. The van der Waals surface area contributed by atoms with Gasteiger partial charge < -0.3 is 20.1 Å². The van der Waals surface area contributed by atoms with Crippen LogP contribution in [0.25, 0.3) is 11.1 Å². The van der Waals surface area contributed by atoms with Crippen LogP contribution in [0.5, 0.6) is 0 Å². The Morgan fingerprint density at radius 1 is 1.09 bits per heavy atom. The van der Waals surface area contributed by atoms with Gasteiger partial charge in [0.05, 0.1) is 5.92 Å². The highest BCUT2D eigenvalue weighted by Crippen LogP contribution is 2.44. The van der Waals surface area contributed by atoms with Crippen LogP contribution >= 0.6 is 0 Å². The third-order valence-corrected chi connectivity index (χ3v) is 7.30. The molecule has 1 aliphatic carbocycles. The molecule has 0 bridgehead atoms. The highest BCUT2D eigenvalue weighted by Gasteiger charge is 2.34. The average molecular weight is 479 g/mol. The highest BCUT2D eigenvalue weighted by molar-refractivity contribution is 5.80. The maximum atomic E-state index is 12.9. The molecule has 4 rings (SSSR count). The second-order valence-corrected chi connectivity index (χ2v) is 9.71. The maximum Gasteiger partial charge on any atom is 0.407 e. The van der Waals surface area contributed by atoms with Crippen molar-refractivity contribution >= 4 is 18.0 Å². The van der Waals surface area contributed by atoms with Gasteiger partial charge in [-0.3, -0.25) is 9.59 Å². The summed E-state index contributed by atoms with van der Waals surface area (Å²) in [4.78, 5) is 38.7. The predicted octanol–water partition coefficient (Wildman–Crippen LogP) is 4.65. The van der Waals surface area contributed by atoms with Crippen LogP contribution in [0.4, 0.5) is 4.79 Å². The number of likely N-dealkylation sites (tertiary alicyclic amines) is 1. The minimum atomic E-state index is -0.801. The van der Waals surface area contributed by atoms with Crippen LogP contribution in [0.15, 0.2) is 48.5 Å². The summed E-state index contributed by atoms with van der Waals surface area (Å²) in [6.45, 7) is 4.98. The van der Waals surface area contributed by atoms with E-state index in [1.165, 1.54) is 11.1 Å². The number of piperidine rings is 1. The molecule has 2 aromatic carbocycles. The Morgan fingerprint density at radius 2 is 1.71 bits per heavy atom. The largest absolute Gasteiger partial charge is 0.481 e.